The molecule has 1 saturated heterocycles. The van der Waals surface area contributed by atoms with E-state index in [-0.39, 0.29) is 17.6 Å². The minimum absolute atomic E-state index is 0.0280. The number of nitrogens with one attached hydrogen (secondary N) is 1. The highest BCUT2D eigenvalue weighted by atomic mass is 19.1. The van der Waals surface area contributed by atoms with Gasteiger partial charge in [-0.2, -0.15) is 0 Å². The molecule has 1 fully saturated rings. The molecule has 31 heavy (non-hydrogen) atoms. The number of benzene rings is 2. The van der Waals surface area contributed by atoms with Gasteiger partial charge >= 0.3 is 0 Å². The second-order valence-electron chi connectivity index (χ2n) is 8.92. The highest BCUT2D eigenvalue weighted by molar-refractivity contribution is 5.92. The Labute approximate surface area is 185 Å². The molecule has 0 bridgehead atoms. The zero-order chi connectivity index (χ0) is 22.2. The average molecular weight is 427 g/mol. The molecule has 0 aliphatic carbocycles. The van der Waals surface area contributed by atoms with Crippen LogP contribution in [0.15, 0.2) is 48.5 Å². The van der Waals surface area contributed by atoms with Crippen LogP contribution in [0.5, 0.6) is 0 Å². The molecule has 0 spiro atoms. The number of amides is 1. The fraction of sp³-hybridized carbons (Fsp3) is 0.500. The Hall–Kier alpha value is -2.24. The van der Waals surface area contributed by atoms with Crippen LogP contribution in [0.3, 0.4) is 0 Å². The molecule has 0 aromatic heterocycles. The van der Waals surface area contributed by atoms with Crippen LogP contribution in [0, 0.1) is 11.7 Å². The summed E-state index contributed by atoms with van der Waals surface area (Å²) in [7, 11) is 0. The second kappa shape index (κ2) is 11.4. The monoisotopic (exact) mass is 426 g/mol. The number of piperidine rings is 1. The first-order valence-electron chi connectivity index (χ1n) is 11.5. The molecule has 2 aromatic rings. The van der Waals surface area contributed by atoms with E-state index < -0.39 is 6.10 Å². The van der Waals surface area contributed by atoms with Gasteiger partial charge in [0.05, 0.1) is 6.10 Å². The molecule has 2 aromatic carbocycles. The van der Waals surface area contributed by atoms with Crippen molar-refractivity contribution in [3.8, 4) is 0 Å². The maximum Gasteiger partial charge on any atom is 0.226 e. The minimum Gasteiger partial charge on any atom is -0.388 e. The largest absolute Gasteiger partial charge is 0.388 e. The Balaban J connectivity index is 1.39. The van der Waals surface area contributed by atoms with E-state index in [1.54, 1.807) is 18.2 Å². The number of aliphatic hydroxyl groups excluding tert-OH is 1. The predicted molar refractivity (Wildman–Crippen MR) is 124 cm³/mol. The Bertz CT molecular complexity index is 847. The molecule has 3 rings (SSSR count). The van der Waals surface area contributed by atoms with Crippen molar-refractivity contribution in [1.82, 2.24) is 4.90 Å². The van der Waals surface area contributed by atoms with Gasteiger partial charge in [-0.25, -0.2) is 4.39 Å². The molecular formula is C26H35FN2O2. The fourth-order valence-electron chi connectivity index (χ4n) is 4.22. The van der Waals surface area contributed by atoms with E-state index in [0.29, 0.717) is 17.9 Å². The second-order valence-corrected chi connectivity index (χ2v) is 8.92. The van der Waals surface area contributed by atoms with E-state index in [1.165, 1.54) is 11.6 Å². The van der Waals surface area contributed by atoms with Crippen LogP contribution >= 0.6 is 0 Å². The quantitative estimate of drug-likeness (QED) is 0.520. The molecule has 1 heterocycles. The Morgan fingerprint density at radius 1 is 1.13 bits per heavy atom. The zero-order valence-corrected chi connectivity index (χ0v) is 18.7. The standard InChI is InChI=1S/C26H35FN2O2/c1-19(2)26(31)28-22-9-7-8-21(18-22)20-13-16-29(17-14-20)15-6-5-12-25(30)23-10-3-4-11-24(23)27/h3-4,7-11,18-20,25,30H,5-6,12-17H2,1-2H3,(H,28,31). The van der Waals surface area contributed by atoms with E-state index in [2.05, 4.69) is 22.3 Å². The van der Waals surface area contributed by atoms with Crippen molar-refractivity contribution < 1.29 is 14.3 Å². The number of nitrogens with zero attached hydrogens (tertiary/aromatic N) is 1. The number of carbonyl (C=O) groups excluding carboxylic acids is 1. The number of anilines is 1. The van der Waals surface area contributed by atoms with Gasteiger partial charge in [-0.3, -0.25) is 4.79 Å². The molecule has 1 aliphatic rings. The Kier molecular flexibility index (Phi) is 8.61. The summed E-state index contributed by atoms with van der Waals surface area (Å²) in [5, 5.41) is 13.2. The van der Waals surface area contributed by atoms with Gasteiger partial charge in [0.25, 0.3) is 0 Å². The van der Waals surface area contributed by atoms with Gasteiger partial charge in [-0.05, 0) is 81.4 Å². The third-order valence-corrected chi connectivity index (χ3v) is 6.20. The first kappa shape index (κ1) is 23.4. The van der Waals surface area contributed by atoms with E-state index >= 15 is 0 Å². The first-order chi connectivity index (χ1) is 14.9. The number of aliphatic hydroxyl groups is 1. The lowest BCUT2D eigenvalue weighted by molar-refractivity contribution is -0.118. The third-order valence-electron chi connectivity index (χ3n) is 6.20. The molecule has 0 saturated carbocycles. The molecule has 168 valence electrons. The lowest BCUT2D eigenvalue weighted by atomic mass is 9.89. The number of hydrogen-bond acceptors (Lipinski definition) is 3. The van der Waals surface area contributed by atoms with Crippen molar-refractivity contribution in [3.05, 3.63) is 65.5 Å². The van der Waals surface area contributed by atoms with Crippen LogP contribution in [0.2, 0.25) is 0 Å². The number of halogens is 1. The van der Waals surface area contributed by atoms with Gasteiger partial charge < -0.3 is 15.3 Å². The van der Waals surface area contributed by atoms with Crippen molar-refractivity contribution in [2.24, 2.45) is 5.92 Å². The van der Waals surface area contributed by atoms with Crippen LogP contribution in [-0.4, -0.2) is 35.5 Å². The number of hydrogen-bond donors (Lipinski definition) is 2. The lowest BCUT2D eigenvalue weighted by Gasteiger charge is -2.32. The molecule has 1 atom stereocenters. The summed E-state index contributed by atoms with van der Waals surface area (Å²) in [5.74, 6) is 0.215. The summed E-state index contributed by atoms with van der Waals surface area (Å²) in [6, 6.07) is 14.7. The molecule has 0 radical (unpaired) electrons. The van der Waals surface area contributed by atoms with E-state index in [1.807, 2.05) is 26.0 Å². The van der Waals surface area contributed by atoms with Crippen LogP contribution in [0.25, 0.3) is 0 Å². The SMILES string of the molecule is CC(C)C(=O)Nc1cccc(C2CCN(CCCCC(O)c3ccccc3F)CC2)c1. The van der Waals surface area contributed by atoms with Gasteiger partial charge in [0.1, 0.15) is 5.82 Å². The summed E-state index contributed by atoms with van der Waals surface area (Å²) < 4.78 is 13.8. The molecule has 1 amide bonds. The van der Waals surface area contributed by atoms with Crippen molar-refractivity contribution in [2.75, 3.05) is 25.0 Å². The van der Waals surface area contributed by atoms with Gasteiger partial charge in [0.15, 0.2) is 0 Å². The topological polar surface area (TPSA) is 52.6 Å². The zero-order valence-electron chi connectivity index (χ0n) is 18.7. The molecular weight excluding hydrogens is 391 g/mol. The molecule has 1 unspecified atom stereocenters. The van der Waals surface area contributed by atoms with Crippen molar-refractivity contribution >= 4 is 11.6 Å². The van der Waals surface area contributed by atoms with Crippen LogP contribution < -0.4 is 5.32 Å². The molecule has 4 nitrogen and oxygen atoms in total. The van der Waals surface area contributed by atoms with Gasteiger partial charge in [-0.1, -0.05) is 44.2 Å². The Morgan fingerprint density at radius 2 is 1.87 bits per heavy atom. The summed E-state index contributed by atoms with van der Waals surface area (Å²) >= 11 is 0. The summed E-state index contributed by atoms with van der Waals surface area (Å²) in [6.07, 6.45) is 3.97. The number of rotatable bonds is 9. The predicted octanol–water partition coefficient (Wildman–Crippen LogP) is 5.50. The van der Waals surface area contributed by atoms with Crippen LogP contribution in [-0.2, 0) is 4.79 Å². The lowest BCUT2D eigenvalue weighted by Crippen LogP contribution is -2.33. The normalized spacial score (nSPS) is 16.4. The van der Waals surface area contributed by atoms with Gasteiger partial charge in [0, 0.05) is 17.2 Å². The highest BCUT2D eigenvalue weighted by Crippen LogP contribution is 2.30. The maximum absolute atomic E-state index is 13.8. The number of likely N-dealkylation sites (tertiary alicyclic amines) is 1. The average Bonchev–Trinajstić information content (AvgIpc) is 2.77. The number of carbonyl (C=O) groups is 1. The van der Waals surface area contributed by atoms with Crippen LogP contribution in [0.4, 0.5) is 10.1 Å². The van der Waals surface area contributed by atoms with Crippen molar-refractivity contribution in [1.29, 1.82) is 0 Å². The van der Waals surface area contributed by atoms with Crippen LogP contribution in [0.1, 0.15) is 69.1 Å². The first-order valence-corrected chi connectivity index (χ1v) is 11.5. The van der Waals surface area contributed by atoms with Gasteiger partial charge in [-0.15, -0.1) is 0 Å². The number of unbranched alkanes of at least 4 members (excludes halogenated alkanes) is 1. The van der Waals surface area contributed by atoms with E-state index in [4.69, 9.17) is 0 Å². The van der Waals surface area contributed by atoms with Gasteiger partial charge in [0.2, 0.25) is 5.91 Å². The highest BCUT2D eigenvalue weighted by Gasteiger charge is 2.21. The molecule has 1 aliphatic heterocycles. The minimum atomic E-state index is -0.726. The van der Waals surface area contributed by atoms with Crippen molar-refractivity contribution in [3.63, 3.8) is 0 Å². The van der Waals surface area contributed by atoms with E-state index in [9.17, 15) is 14.3 Å². The molecule has 2 N–H and O–H groups in total. The summed E-state index contributed by atoms with van der Waals surface area (Å²) in [6.45, 7) is 6.93. The van der Waals surface area contributed by atoms with E-state index in [0.717, 1.165) is 51.0 Å². The summed E-state index contributed by atoms with van der Waals surface area (Å²) in [4.78, 5) is 14.4. The smallest absolute Gasteiger partial charge is 0.226 e. The maximum atomic E-state index is 13.8. The molecule has 5 heteroatoms. The van der Waals surface area contributed by atoms with Crippen molar-refractivity contribution in [2.45, 2.75) is 58.0 Å². The summed E-state index contributed by atoms with van der Waals surface area (Å²) in [5.41, 5.74) is 2.58. The Morgan fingerprint density at radius 3 is 2.58 bits per heavy atom. The fourth-order valence-corrected chi connectivity index (χ4v) is 4.22. The third kappa shape index (κ3) is 6.88.